The van der Waals surface area contributed by atoms with E-state index < -0.39 is 6.10 Å². The van der Waals surface area contributed by atoms with Crippen LogP contribution in [0.1, 0.15) is 258 Å². The van der Waals surface area contributed by atoms with Gasteiger partial charge in [0.05, 0.1) is 0 Å². The molecule has 72 heavy (non-hydrogen) atoms. The molecule has 0 fully saturated rings. The molecule has 0 N–H and O–H groups in total. The lowest BCUT2D eigenvalue weighted by Crippen LogP contribution is -2.30. The molecule has 0 spiro atoms. The summed E-state index contributed by atoms with van der Waals surface area (Å²) in [7, 11) is 0. The summed E-state index contributed by atoms with van der Waals surface area (Å²) in [4.78, 5) is 38.2. The van der Waals surface area contributed by atoms with E-state index in [0.29, 0.717) is 19.3 Å². The predicted octanol–water partition coefficient (Wildman–Crippen LogP) is 20.0. The molecule has 0 saturated heterocycles. The second kappa shape index (κ2) is 59.4. The van der Waals surface area contributed by atoms with Gasteiger partial charge in [0.15, 0.2) is 6.10 Å². The highest BCUT2D eigenvalue weighted by molar-refractivity contribution is 5.71. The Morgan fingerprint density at radius 1 is 0.292 bits per heavy atom. The molecule has 0 aliphatic heterocycles. The Kier molecular flexibility index (Phi) is 55.9. The Balaban J connectivity index is 4.51. The first-order chi connectivity index (χ1) is 35.5. The summed E-state index contributed by atoms with van der Waals surface area (Å²) in [5.41, 5.74) is 0. The largest absolute Gasteiger partial charge is 0.462 e. The number of esters is 3. The Morgan fingerprint density at radius 2 is 0.542 bits per heavy atom. The molecule has 0 aromatic rings. The summed E-state index contributed by atoms with van der Waals surface area (Å²) in [6, 6.07) is 0. The molecule has 0 aromatic carbocycles. The van der Waals surface area contributed by atoms with Crippen molar-refractivity contribution in [2.75, 3.05) is 13.2 Å². The number of rotatable bonds is 52. The van der Waals surface area contributed by atoms with Gasteiger partial charge in [-0.25, -0.2) is 0 Å². The molecule has 1 atom stereocenters. The third kappa shape index (κ3) is 56.7. The molecule has 408 valence electrons. The minimum Gasteiger partial charge on any atom is -0.462 e. The molecule has 0 radical (unpaired) electrons. The number of carbonyl (C=O) groups is 3. The van der Waals surface area contributed by atoms with Crippen LogP contribution in [0.25, 0.3) is 0 Å². The van der Waals surface area contributed by atoms with Gasteiger partial charge in [0.1, 0.15) is 13.2 Å². The first-order valence-electron chi connectivity index (χ1n) is 29.5. The van der Waals surface area contributed by atoms with E-state index in [9.17, 15) is 14.4 Å². The van der Waals surface area contributed by atoms with E-state index in [2.05, 4.69) is 142 Å². The third-order valence-corrected chi connectivity index (χ3v) is 12.2. The quantitative estimate of drug-likeness (QED) is 0.0261. The van der Waals surface area contributed by atoms with E-state index in [-0.39, 0.29) is 31.1 Å². The number of hydrogen-bond acceptors (Lipinski definition) is 6. The summed E-state index contributed by atoms with van der Waals surface area (Å²) in [5, 5.41) is 0. The number of ether oxygens (including phenoxy) is 3. The van der Waals surface area contributed by atoms with Crippen molar-refractivity contribution in [3.05, 3.63) is 122 Å². The van der Waals surface area contributed by atoms with Crippen LogP contribution in [-0.2, 0) is 28.6 Å². The van der Waals surface area contributed by atoms with E-state index in [1.54, 1.807) is 0 Å². The van der Waals surface area contributed by atoms with Crippen molar-refractivity contribution < 1.29 is 28.6 Å². The first kappa shape index (κ1) is 67.8. The van der Waals surface area contributed by atoms with Gasteiger partial charge in [0.25, 0.3) is 0 Å². The van der Waals surface area contributed by atoms with Crippen molar-refractivity contribution in [2.45, 2.75) is 264 Å². The highest BCUT2D eigenvalue weighted by Crippen LogP contribution is 2.14. The van der Waals surface area contributed by atoms with Gasteiger partial charge < -0.3 is 14.2 Å². The second-order valence-corrected chi connectivity index (χ2v) is 19.1. The molecule has 0 amide bonds. The second-order valence-electron chi connectivity index (χ2n) is 19.1. The number of allylic oxidation sites excluding steroid dienone is 20. The van der Waals surface area contributed by atoms with Crippen LogP contribution in [0, 0.1) is 0 Å². The van der Waals surface area contributed by atoms with Crippen molar-refractivity contribution in [1.82, 2.24) is 0 Å². The van der Waals surface area contributed by atoms with E-state index in [1.165, 1.54) is 70.6 Å². The molecule has 0 rings (SSSR count). The van der Waals surface area contributed by atoms with Crippen LogP contribution in [0.4, 0.5) is 0 Å². The SMILES string of the molecule is CC/C=C\C/C=C\C/C=C\C/C=C\C/C=C\CCCCCC(=O)OCC(COC(=O)CCCCCCC/C=C\CCCCCCCCC)OC(=O)CCCCCCCC/C=C\C/C=C\C/C=C\C/C=C\CC. The maximum Gasteiger partial charge on any atom is 0.306 e. The zero-order valence-corrected chi connectivity index (χ0v) is 46.7. The van der Waals surface area contributed by atoms with Gasteiger partial charge in [-0.3, -0.25) is 14.4 Å². The van der Waals surface area contributed by atoms with E-state index in [0.717, 1.165) is 148 Å². The van der Waals surface area contributed by atoms with Crippen LogP contribution in [0.5, 0.6) is 0 Å². The third-order valence-electron chi connectivity index (χ3n) is 12.2. The Morgan fingerprint density at radius 3 is 0.875 bits per heavy atom. The molecule has 0 aromatic heterocycles. The first-order valence-corrected chi connectivity index (χ1v) is 29.5. The average molecular weight is 998 g/mol. The van der Waals surface area contributed by atoms with Gasteiger partial charge in [-0.15, -0.1) is 0 Å². The summed E-state index contributed by atoms with van der Waals surface area (Å²) in [6.07, 6.45) is 81.8. The van der Waals surface area contributed by atoms with Gasteiger partial charge >= 0.3 is 17.9 Å². The smallest absolute Gasteiger partial charge is 0.306 e. The highest BCUT2D eigenvalue weighted by Gasteiger charge is 2.19. The summed E-state index contributed by atoms with van der Waals surface area (Å²) >= 11 is 0. The molecule has 0 bridgehead atoms. The fourth-order valence-electron chi connectivity index (χ4n) is 7.81. The topological polar surface area (TPSA) is 78.9 Å². The van der Waals surface area contributed by atoms with Crippen LogP contribution in [-0.4, -0.2) is 37.2 Å². The monoisotopic (exact) mass is 997 g/mol. The van der Waals surface area contributed by atoms with Crippen LogP contribution < -0.4 is 0 Å². The van der Waals surface area contributed by atoms with Crippen LogP contribution >= 0.6 is 0 Å². The van der Waals surface area contributed by atoms with Gasteiger partial charge in [-0.2, -0.15) is 0 Å². The van der Waals surface area contributed by atoms with Gasteiger partial charge in [-0.05, 0) is 128 Å². The van der Waals surface area contributed by atoms with Crippen molar-refractivity contribution in [2.24, 2.45) is 0 Å². The molecule has 0 aliphatic carbocycles. The van der Waals surface area contributed by atoms with Gasteiger partial charge in [-0.1, -0.05) is 232 Å². The van der Waals surface area contributed by atoms with Crippen molar-refractivity contribution in [3.8, 4) is 0 Å². The van der Waals surface area contributed by atoms with E-state index in [1.807, 2.05) is 0 Å². The zero-order chi connectivity index (χ0) is 52.2. The molecule has 6 nitrogen and oxygen atoms in total. The lowest BCUT2D eigenvalue weighted by atomic mass is 10.1. The fraction of sp³-hybridized carbons (Fsp3) is 0.652. The van der Waals surface area contributed by atoms with Gasteiger partial charge in [0.2, 0.25) is 0 Å². The van der Waals surface area contributed by atoms with Crippen molar-refractivity contribution in [3.63, 3.8) is 0 Å². The lowest BCUT2D eigenvalue weighted by molar-refractivity contribution is -0.167. The minimum atomic E-state index is -0.807. The summed E-state index contributed by atoms with van der Waals surface area (Å²) in [6.45, 7) is 6.37. The number of carbonyl (C=O) groups excluding carboxylic acids is 3. The molecule has 0 heterocycles. The van der Waals surface area contributed by atoms with Crippen LogP contribution in [0.2, 0.25) is 0 Å². The number of unbranched alkanes of at least 4 members (excludes halogenated alkanes) is 21. The molecule has 6 heteroatoms. The molecule has 0 aliphatic rings. The molecular weight excluding hydrogens is 889 g/mol. The molecular formula is C66H108O6. The Bertz CT molecular complexity index is 1520. The maximum atomic E-state index is 12.9. The van der Waals surface area contributed by atoms with Crippen LogP contribution in [0.3, 0.4) is 0 Å². The highest BCUT2D eigenvalue weighted by atomic mass is 16.6. The Hall–Kier alpha value is -4.19. The average Bonchev–Trinajstić information content (AvgIpc) is 3.38. The van der Waals surface area contributed by atoms with Crippen molar-refractivity contribution in [1.29, 1.82) is 0 Å². The maximum absolute atomic E-state index is 12.9. The lowest BCUT2D eigenvalue weighted by Gasteiger charge is -2.18. The molecule has 0 saturated carbocycles. The Labute approximate surface area is 443 Å². The van der Waals surface area contributed by atoms with Crippen molar-refractivity contribution >= 4 is 17.9 Å². The standard InChI is InChI=1S/C66H108O6/c1-4-7-10-13-16-19-22-25-28-31-33-35-38-41-44-47-50-53-56-59-65(68)71-62-63(61-70-64(67)58-55-52-49-46-43-40-37-30-27-24-21-18-15-12-9-6-3)72-66(69)60-57-54-51-48-45-42-39-36-34-32-29-26-23-20-17-14-11-8-5-2/h7-8,10-11,16-17,19-20,25-26,28-30,33-37,41,44,63H,4-6,9,12-15,18,21-24,27,31-32,38-40,42-43,45-62H2,1-3H3/b10-7-,11-8-,19-16-,20-17-,28-25-,29-26-,35-33-,36-34-,37-30-,44-41-. The normalized spacial score (nSPS) is 13.0. The molecule has 1 unspecified atom stereocenters. The summed E-state index contributed by atoms with van der Waals surface area (Å²) < 4.78 is 16.9. The van der Waals surface area contributed by atoms with E-state index >= 15 is 0 Å². The zero-order valence-electron chi connectivity index (χ0n) is 46.7. The van der Waals surface area contributed by atoms with E-state index in [4.69, 9.17) is 14.2 Å². The predicted molar refractivity (Wildman–Crippen MR) is 311 cm³/mol. The summed E-state index contributed by atoms with van der Waals surface area (Å²) in [5.74, 6) is -0.956. The minimum absolute atomic E-state index is 0.102. The fourth-order valence-corrected chi connectivity index (χ4v) is 7.81. The van der Waals surface area contributed by atoms with Crippen LogP contribution in [0.15, 0.2) is 122 Å². The van der Waals surface area contributed by atoms with Gasteiger partial charge in [0, 0.05) is 19.3 Å². The number of hydrogen-bond donors (Lipinski definition) is 0.